The van der Waals surface area contributed by atoms with Crippen LogP contribution in [0.2, 0.25) is 5.02 Å². The van der Waals surface area contributed by atoms with Crippen molar-refractivity contribution in [2.24, 2.45) is 0 Å². The smallest absolute Gasteiger partial charge is 0.261 e. The molecule has 0 saturated carbocycles. The second kappa shape index (κ2) is 8.75. The molecule has 0 bridgehead atoms. The van der Waals surface area contributed by atoms with Gasteiger partial charge in [-0.2, -0.15) is 0 Å². The summed E-state index contributed by atoms with van der Waals surface area (Å²) in [5.41, 5.74) is 0.705. The zero-order chi connectivity index (χ0) is 23.8. The van der Waals surface area contributed by atoms with E-state index >= 15 is 0 Å². The number of nitrogens with one attached hydrogen (secondary N) is 2. The van der Waals surface area contributed by atoms with E-state index in [-0.39, 0.29) is 26.2 Å². The third-order valence-electron chi connectivity index (χ3n) is 4.55. The van der Waals surface area contributed by atoms with E-state index in [0.29, 0.717) is 15.2 Å². The van der Waals surface area contributed by atoms with Crippen molar-refractivity contribution in [3.63, 3.8) is 0 Å². The fourth-order valence-corrected chi connectivity index (χ4v) is 5.77. The minimum atomic E-state index is -3.96. The maximum absolute atomic E-state index is 12.9. The van der Waals surface area contributed by atoms with Gasteiger partial charge in [0.05, 0.1) is 31.3 Å². The number of amides is 1. The molecule has 0 fully saturated rings. The summed E-state index contributed by atoms with van der Waals surface area (Å²) in [5.74, 6) is -0.577. The molecule has 0 radical (unpaired) electrons. The lowest BCUT2D eigenvalue weighted by Crippen LogP contribution is -2.18. The lowest BCUT2D eigenvalue weighted by Gasteiger charge is -2.12. The predicted molar refractivity (Wildman–Crippen MR) is 129 cm³/mol. The van der Waals surface area contributed by atoms with Crippen molar-refractivity contribution < 1.29 is 21.6 Å². The van der Waals surface area contributed by atoms with Gasteiger partial charge in [-0.3, -0.25) is 14.8 Å². The van der Waals surface area contributed by atoms with Crippen LogP contribution in [0.5, 0.6) is 0 Å². The fraction of sp³-hybridized carbons (Fsp3) is 0.0476. The number of halogens is 1. The van der Waals surface area contributed by atoms with Gasteiger partial charge in [-0.25, -0.2) is 21.8 Å². The largest absolute Gasteiger partial charge is 0.298 e. The van der Waals surface area contributed by atoms with Crippen LogP contribution in [0.15, 0.2) is 76.5 Å². The molecule has 33 heavy (non-hydrogen) atoms. The number of fused-ring (bicyclic) bond motifs is 1. The monoisotopic (exact) mass is 521 g/mol. The second-order valence-corrected chi connectivity index (χ2v) is 12.1. The zero-order valence-corrected chi connectivity index (χ0v) is 20.1. The minimum absolute atomic E-state index is 0.00466. The van der Waals surface area contributed by atoms with E-state index in [1.165, 1.54) is 48.5 Å². The Morgan fingerprint density at radius 3 is 2.30 bits per heavy atom. The van der Waals surface area contributed by atoms with Crippen LogP contribution in [0, 0.1) is 0 Å². The Kier molecular flexibility index (Phi) is 6.14. The van der Waals surface area contributed by atoms with Crippen molar-refractivity contribution >= 4 is 69.7 Å². The molecule has 0 aliphatic carbocycles. The molecule has 1 heterocycles. The molecule has 2 N–H and O–H groups in total. The number of sulfone groups is 1. The number of thiazole rings is 1. The summed E-state index contributed by atoms with van der Waals surface area (Å²) in [6.07, 6.45) is 1.11. The third-order valence-corrected chi connectivity index (χ3v) is 8.23. The van der Waals surface area contributed by atoms with Gasteiger partial charge in [0, 0.05) is 11.3 Å². The SMILES string of the molecule is CS(=O)(=O)c1ccc2nc(NC(=O)c3ccccc3NS(=O)(=O)c3ccc(Cl)cc3)sc2c1. The molecular formula is C21H16ClN3O5S3. The van der Waals surface area contributed by atoms with Crippen LogP contribution in [0.3, 0.4) is 0 Å². The van der Waals surface area contributed by atoms with Gasteiger partial charge >= 0.3 is 0 Å². The number of para-hydroxylation sites is 1. The molecule has 0 aliphatic rings. The first-order chi connectivity index (χ1) is 15.5. The summed E-state index contributed by atoms with van der Waals surface area (Å²) < 4.78 is 52.0. The summed E-state index contributed by atoms with van der Waals surface area (Å²) in [6.45, 7) is 0. The molecule has 12 heteroatoms. The van der Waals surface area contributed by atoms with E-state index in [4.69, 9.17) is 11.6 Å². The van der Waals surface area contributed by atoms with E-state index in [0.717, 1.165) is 17.6 Å². The van der Waals surface area contributed by atoms with E-state index in [9.17, 15) is 21.6 Å². The first kappa shape index (κ1) is 23.2. The van der Waals surface area contributed by atoms with Crippen molar-refractivity contribution in [1.29, 1.82) is 0 Å². The highest BCUT2D eigenvalue weighted by Crippen LogP contribution is 2.29. The molecule has 4 rings (SSSR count). The molecule has 1 aromatic heterocycles. The van der Waals surface area contributed by atoms with Gasteiger partial charge in [-0.15, -0.1) is 0 Å². The second-order valence-electron chi connectivity index (χ2n) is 6.98. The molecule has 0 unspecified atom stereocenters. The average Bonchev–Trinajstić information content (AvgIpc) is 3.15. The zero-order valence-electron chi connectivity index (χ0n) is 16.9. The van der Waals surface area contributed by atoms with Crippen LogP contribution in [0.25, 0.3) is 10.2 Å². The lowest BCUT2D eigenvalue weighted by atomic mass is 10.2. The molecular weight excluding hydrogens is 506 g/mol. The van der Waals surface area contributed by atoms with Crippen molar-refractivity contribution in [3.05, 3.63) is 77.3 Å². The van der Waals surface area contributed by atoms with Gasteiger partial charge in [-0.05, 0) is 54.6 Å². The van der Waals surface area contributed by atoms with Crippen molar-refractivity contribution in [1.82, 2.24) is 4.98 Å². The number of aromatic nitrogens is 1. The summed E-state index contributed by atoms with van der Waals surface area (Å²) in [7, 11) is -7.34. The van der Waals surface area contributed by atoms with Gasteiger partial charge in [0.25, 0.3) is 15.9 Å². The van der Waals surface area contributed by atoms with Crippen LogP contribution in [0.1, 0.15) is 10.4 Å². The lowest BCUT2D eigenvalue weighted by molar-refractivity contribution is 0.102. The highest BCUT2D eigenvalue weighted by atomic mass is 35.5. The van der Waals surface area contributed by atoms with Gasteiger partial charge in [-0.1, -0.05) is 35.1 Å². The standard InChI is InChI=1S/C21H16ClN3O5S3/c1-32(27,28)15-10-11-18-19(12-15)31-21(23-18)24-20(26)16-4-2-3-5-17(16)25-33(29,30)14-8-6-13(22)7-9-14/h2-12,25H,1H3,(H,23,24,26). The number of sulfonamides is 1. The molecule has 1 amide bonds. The average molecular weight is 522 g/mol. The molecule has 0 aliphatic heterocycles. The minimum Gasteiger partial charge on any atom is -0.298 e. The molecule has 4 aromatic rings. The Morgan fingerprint density at radius 2 is 1.61 bits per heavy atom. The quantitative estimate of drug-likeness (QED) is 0.387. The first-order valence-corrected chi connectivity index (χ1v) is 13.9. The Balaban J connectivity index is 1.60. The number of hydrogen-bond donors (Lipinski definition) is 2. The maximum atomic E-state index is 12.9. The molecule has 170 valence electrons. The highest BCUT2D eigenvalue weighted by molar-refractivity contribution is 7.92. The topological polar surface area (TPSA) is 122 Å². The molecule has 8 nitrogen and oxygen atoms in total. The van der Waals surface area contributed by atoms with Gasteiger partial charge in [0.2, 0.25) is 0 Å². The van der Waals surface area contributed by atoms with Crippen LogP contribution < -0.4 is 10.0 Å². The summed E-state index contributed by atoms with van der Waals surface area (Å²) in [4.78, 5) is 17.4. The number of rotatable bonds is 6. The molecule has 0 atom stereocenters. The summed E-state index contributed by atoms with van der Waals surface area (Å²) >= 11 is 6.93. The van der Waals surface area contributed by atoms with E-state index in [1.807, 2.05) is 0 Å². The maximum Gasteiger partial charge on any atom is 0.261 e. The van der Waals surface area contributed by atoms with Crippen molar-refractivity contribution in [3.8, 4) is 0 Å². The predicted octanol–water partition coefficient (Wildman–Crippen LogP) is 4.41. The fourth-order valence-electron chi connectivity index (χ4n) is 2.94. The van der Waals surface area contributed by atoms with Crippen LogP contribution in [-0.4, -0.2) is 34.0 Å². The van der Waals surface area contributed by atoms with Gasteiger partial charge in [0.15, 0.2) is 15.0 Å². The van der Waals surface area contributed by atoms with Crippen molar-refractivity contribution in [2.45, 2.75) is 9.79 Å². The van der Waals surface area contributed by atoms with E-state index in [1.54, 1.807) is 18.2 Å². The molecule has 0 spiro atoms. The number of carbonyl (C=O) groups is 1. The molecule has 0 saturated heterocycles. The Bertz CT molecular complexity index is 1580. The Labute approximate surface area is 199 Å². The number of nitrogens with zero attached hydrogens (tertiary/aromatic N) is 1. The van der Waals surface area contributed by atoms with Crippen molar-refractivity contribution in [2.75, 3.05) is 16.3 Å². The highest BCUT2D eigenvalue weighted by Gasteiger charge is 2.20. The number of carbonyl (C=O) groups excluding carboxylic acids is 1. The Morgan fingerprint density at radius 1 is 0.939 bits per heavy atom. The number of hydrogen-bond acceptors (Lipinski definition) is 7. The first-order valence-electron chi connectivity index (χ1n) is 9.32. The van der Waals surface area contributed by atoms with E-state index in [2.05, 4.69) is 15.0 Å². The normalized spacial score (nSPS) is 11.9. The summed E-state index contributed by atoms with van der Waals surface area (Å²) in [5, 5.41) is 3.29. The Hall–Kier alpha value is -2.99. The van der Waals surface area contributed by atoms with Crippen LogP contribution in [0.4, 0.5) is 10.8 Å². The van der Waals surface area contributed by atoms with E-state index < -0.39 is 25.8 Å². The van der Waals surface area contributed by atoms with Crippen LogP contribution >= 0.6 is 22.9 Å². The third kappa shape index (κ3) is 5.17. The molecule has 3 aromatic carbocycles. The van der Waals surface area contributed by atoms with Crippen LogP contribution in [-0.2, 0) is 19.9 Å². The van der Waals surface area contributed by atoms with Gasteiger partial charge in [0.1, 0.15) is 0 Å². The number of benzene rings is 3. The summed E-state index contributed by atoms with van der Waals surface area (Å²) in [6, 6.07) is 16.3. The van der Waals surface area contributed by atoms with Gasteiger partial charge < -0.3 is 0 Å². The number of anilines is 2.